The predicted octanol–water partition coefficient (Wildman–Crippen LogP) is 3.85. The first-order chi connectivity index (χ1) is 15.3. The van der Waals surface area contributed by atoms with E-state index >= 15 is 0 Å². The van der Waals surface area contributed by atoms with E-state index < -0.39 is 41.1 Å². The Morgan fingerprint density at radius 3 is 2.32 bits per heavy atom. The summed E-state index contributed by atoms with van der Waals surface area (Å²) in [5.41, 5.74) is 4.41. The SMILES string of the molecule is CC(C)C(N)C(=O)OCn1ccsc1=NC(=O)c1cc(F)c(NC(=O)CC(C)(C)C)c(F)c1.Cl. The molecule has 12 heteroatoms. The number of carbonyl (C=O) groups is 3. The monoisotopic (exact) mass is 518 g/mol. The van der Waals surface area contributed by atoms with Crippen molar-refractivity contribution in [2.45, 2.75) is 53.8 Å². The van der Waals surface area contributed by atoms with E-state index in [4.69, 9.17) is 10.5 Å². The zero-order valence-electron chi connectivity index (χ0n) is 19.6. The van der Waals surface area contributed by atoms with Crippen LogP contribution in [0.15, 0.2) is 28.7 Å². The van der Waals surface area contributed by atoms with Crippen molar-refractivity contribution in [2.24, 2.45) is 22.1 Å². The molecular formula is C22H29ClF2N4O4S. The Morgan fingerprint density at radius 2 is 1.79 bits per heavy atom. The van der Waals surface area contributed by atoms with Crippen molar-refractivity contribution in [1.29, 1.82) is 0 Å². The highest BCUT2D eigenvalue weighted by molar-refractivity contribution is 7.07. The van der Waals surface area contributed by atoms with Crippen LogP contribution in [0.25, 0.3) is 0 Å². The van der Waals surface area contributed by atoms with Crippen LogP contribution >= 0.6 is 23.7 Å². The van der Waals surface area contributed by atoms with E-state index in [1.54, 1.807) is 25.4 Å². The van der Waals surface area contributed by atoms with Crippen LogP contribution < -0.4 is 15.9 Å². The summed E-state index contributed by atoms with van der Waals surface area (Å²) >= 11 is 1.07. The van der Waals surface area contributed by atoms with Gasteiger partial charge in [0, 0.05) is 23.6 Å². The van der Waals surface area contributed by atoms with E-state index in [9.17, 15) is 23.2 Å². The van der Waals surface area contributed by atoms with Crippen LogP contribution in [0.3, 0.4) is 0 Å². The Bertz CT molecular complexity index is 1090. The number of amides is 2. The molecule has 0 radical (unpaired) electrons. The average Bonchev–Trinajstić information content (AvgIpc) is 3.13. The number of ether oxygens (including phenoxy) is 1. The molecule has 1 atom stereocenters. The Labute approximate surface area is 206 Å². The summed E-state index contributed by atoms with van der Waals surface area (Å²) in [6.07, 6.45) is 1.60. The number of nitrogens with two attached hydrogens (primary N) is 1. The second-order valence-electron chi connectivity index (χ2n) is 9.04. The number of nitrogens with one attached hydrogen (secondary N) is 1. The highest BCUT2D eigenvalue weighted by Crippen LogP contribution is 2.24. The normalized spacial score (nSPS) is 12.8. The van der Waals surface area contributed by atoms with E-state index in [1.165, 1.54) is 4.57 Å². The molecule has 0 saturated carbocycles. The van der Waals surface area contributed by atoms with Crippen LogP contribution in [0.5, 0.6) is 0 Å². The van der Waals surface area contributed by atoms with Crippen LogP contribution in [0.1, 0.15) is 51.4 Å². The molecule has 3 N–H and O–H groups in total. The van der Waals surface area contributed by atoms with Crippen LogP contribution in [-0.2, 0) is 21.1 Å². The van der Waals surface area contributed by atoms with Gasteiger partial charge in [-0.2, -0.15) is 4.99 Å². The van der Waals surface area contributed by atoms with Gasteiger partial charge in [0.1, 0.15) is 11.7 Å². The van der Waals surface area contributed by atoms with Crippen molar-refractivity contribution < 1.29 is 27.9 Å². The Morgan fingerprint density at radius 1 is 1.21 bits per heavy atom. The molecule has 8 nitrogen and oxygen atoms in total. The second-order valence-corrected chi connectivity index (χ2v) is 9.91. The zero-order valence-corrected chi connectivity index (χ0v) is 21.2. The molecule has 1 heterocycles. The third-order valence-corrected chi connectivity index (χ3v) is 5.23. The van der Waals surface area contributed by atoms with Crippen molar-refractivity contribution in [3.05, 3.63) is 45.7 Å². The summed E-state index contributed by atoms with van der Waals surface area (Å²) < 4.78 is 35.4. The van der Waals surface area contributed by atoms with Gasteiger partial charge in [0.25, 0.3) is 5.91 Å². The quantitative estimate of drug-likeness (QED) is 0.540. The molecule has 0 aliphatic rings. The number of nitrogens with zero attached hydrogens (tertiary/aromatic N) is 2. The van der Waals surface area contributed by atoms with Gasteiger partial charge < -0.3 is 15.8 Å². The van der Waals surface area contributed by atoms with Crippen molar-refractivity contribution in [3.63, 3.8) is 0 Å². The van der Waals surface area contributed by atoms with Crippen LogP contribution in [-0.4, -0.2) is 28.4 Å². The highest BCUT2D eigenvalue weighted by Gasteiger charge is 2.21. The first kappa shape index (κ1) is 29.4. The van der Waals surface area contributed by atoms with E-state index in [2.05, 4.69) is 10.3 Å². The Kier molecular flexibility index (Phi) is 10.5. The third-order valence-electron chi connectivity index (χ3n) is 4.44. The summed E-state index contributed by atoms with van der Waals surface area (Å²) in [6, 6.07) is 0.822. The third kappa shape index (κ3) is 8.30. The van der Waals surface area contributed by atoms with Crippen LogP contribution in [0.4, 0.5) is 14.5 Å². The summed E-state index contributed by atoms with van der Waals surface area (Å²) in [4.78, 5) is 40.5. The van der Waals surface area contributed by atoms with Crippen LogP contribution in [0.2, 0.25) is 0 Å². The molecule has 0 saturated heterocycles. The van der Waals surface area contributed by atoms with Gasteiger partial charge in [0.05, 0.1) is 0 Å². The predicted molar refractivity (Wildman–Crippen MR) is 127 cm³/mol. The van der Waals surface area contributed by atoms with Crippen molar-refractivity contribution in [1.82, 2.24) is 4.57 Å². The van der Waals surface area contributed by atoms with E-state index in [-0.39, 0.29) is 47.3 Å². The lowest BCUT2D eigenvalue weighted by atomic mass is 9.92. The number of hydrogen-bond donors (Lipinski definition) is 2. The largest absolute Gasteiger partial charge is 0.443 e. The van der Waals surface area contributed by atoms with Gasteiger partial charge in [-0.25, -0.2) is 8.78 Å². The molecule has 1 unspecified atom stereocenters. The van der Waals surface area contributed by atoms with Gasteiger partial charge in [-0.1, -0.05) is 34.6 Å². The van der Waals surface area contributed by atoms with Crippen molar-refractivity contribution in [2.75, 3.05) is 5.32 Å². The van der Waals surface area contributed by atoms with Gasteiger partial charge in [0.15, 0.2) is 23.2 Å². The fourth-order valence-corrected chi connectivity index (χ4v) is 3.33. The molecule has 188 valence electrons. The number of halogens is 3. The minimum absolute atomic E-state index is 0. The summed E-state index contributed by atoms with van der Waals surface area (Å²) in [6.45, 7) is 8.79. The second kappa shape index (κ2) is 12.2. The molecule has 1 aromatic carbocycles. The average molecular weight is 519 g/mol. The fourth-order valence-electron chi connectivity index (χ4n) is 2.62. The van der Waals surface area contributed by atoms with E-state index in [1.807, 2.05) is 20.8 Å². The summed E-state index contributed by atoms with van der Waals surface area (Å²) in [5.74, 6) is -4.34. The Balaban J connectivity index is 0.00000578. The maximum Gasteiger partial charge on any atom is 0.324 e. The van der Waals surface area contributed by atoms with Gasteiger partial charge in [0.2, 0.25) is 5.91 Å². The maximum absolute atomic E-state index is 14.5. The number of esters is 1. The number of carbonyl (C=O) groups excluding carboxylic acids is 3. The highest BCUT2D eigenvalue weighted by atomic mass is 35.5. The zero-order chi connectivity index (χ0) is 24.9. The standard InChI is InChI=1S/C22H28F2N4O4S.ClH/c1-12(2)17(25)20(31)32-11-28-6-7-33-21(28)27-19(30)13-8-14(23)18(15(24)9-13)26-16(29)10-22(3,4)5;/h6-9,12,17H,10-11,25H2,1-5H3,(H,26,29);1H. The first-order valence-electron chi connectivity index (χ1n) is 10.2. The minimum Gasteiger partial charge on any atom is -0.443 e. The number of anilines is 1. The van der Waals surface area contributed by atoms with Crippen LogP contribution in [0, 0.1) is 23.0 Å². The molecule has 0 bridgehead atoms. The van der Waals surface area contributed by atoms with Crippen molar-refractivity contribution in [3.8, 4) is 0 Å². The van der Waals surface area contributed by atoms with Gasteiger partial charge in [-0.3, -0.25) is 19.0 Å². The smallest absolute Gasteiger partial charge is 0.324 e. The lowest BCUT2D eigenvalue weighted by Crippen LogP contribution is -2.37. The lowest BCUT2D eigenvalue weighted by molar-refractivity contribution is -0.150. The molecule has 2 rings (SSSR count). The fraction of sp³-hybridized carbons (Fsp3) is 0.455. The number of benzene rings is 1. The summed E-state index contributed by atoms with van der Waals surface area (Å²) in [7, 11) is 0. The van der Waals surface area contributed by atoms with Gasteiger partial charge >= 0.3 is 5.97 Å². The molecule has 0 fully saturated rings. The van der Waals surface area contributed by atoms with Gasteiger partial charge in [-0.15, -0.1) is 23.7 Å². The number of aromatic nitrogens is 1. The van der Waals surface area contributed by atoms with E-state index in [0.29, 0.717) is 0 Å². The van der Waals surface area contributed by atoms with Gasteiger partial charge in [-0.05, 0) is 23.5 Å². The molecule has 34 heavy (non-hydrogen) atoms. The molecule has 2 amide bonds. The molecule has 0 spiro atoms. The first-order valence-corrected chi connectivity index (χ1v) is 11.1. The number of thiazole rings is 1. The molecule has 0 aliphatic heterocycles. The van der Waals surface area contributed by atoms with E-state index in [0.717, 1.165) is 23.5 Å². The van der Waals surface area contributed by atoms with Crippen molar-refractivity contribution >= 4 is 47.2 Å². The Hall–Kier alpha value is -2.63. The summed E-state index contributed by atoms with van der Waals surface area (Å²) in [5, 5.41) is 3.82. The molecule has 0 aliphatic carbocycles. The molecule has 1 aromatic heterocycles. The molecular weight excluding hydrogens is 490 g/mol. The minimum atomic E-state index is -1.09. The number of rotatable bonds is 7. The molecule has 2 aromatic rings. The lowest BCUT2D eigenvalue weighted by Gasteiger charge is -2.17. The number of hydrogen-bond acceptors (Lipinski definition) is 6. The topological polar surface area (TPSA) is 116 Å². The maximum atomic E-state index is 14.5.